The molecule has 1 fully saturated rings. The minimum atomic E-state index is -0.478. The average Bonchev–Trinajstić information content (AvgIpc) is 2.42. The zero-order valence-electron chi connectivity index (χ0n) is 10.8. The van der Waals surface area contributed by atoms with Gasteiger partial charge in [-0.05, 0) is 43.9 Å². The molecule has 3 N–H and O–H groups in total. The van der Waals surface area contributed by atoms with Gasteiger partial charge in [0.05, 0.1) is 11.8 Å². The lowest BCUT2D eigenvalue weighted by atomic mass is 10.0. The second-order valence-electron chi connectivity index (χ2n) is 4.81. The van der Waals surface area contributed by atoms with E-state index in [1.807, 2.05) is 0 Å². The molecule has 1 aliphatic rings. The number of hydrogen-bond acceptors (Lipinski definition) is 3. The molecule has 1 atom stereocenters. The highest BCUT2D eigenvalue weighted by molar-refractivity contribution is 5.91. The van der Waals surface area contributed by atoms with Gasteiger partial charge >= 0.3 is 0 Å². The molecule has 1 saturated heterocycles. The standard InChI is InChI=1S/C14H19FN2O2/c15-12-6-4-10(9-13(12)16)17-14(18)7-5-11-3-1-2-8-19-11/h4,6,9,11H,1-3,5,7-8,16H2,(H,17,18). The monoisotopic (exact) mass is 266 g/mol. The van der Waals surface area contributed by atoms with Crippen molar-refractivity contribution >= 4 is 17.3 Å². The summed E-state index contributed by atoms with van der Waals surface area (Å²) in [5, 5.41) is 2.71. The normalized spacial score (nSPS) is 19.1. The van der Waals surface area contributed by atoms with Crippen LogP contribution in [0.3, 0.4) is 0 Å². The maximum absolute atomic E-state index is 13.0. The van der Waals surface area contributed by atoms with Crippen molar-refractivity contribution in [3.63, 3.8) is 0 Å². The van der Waals surface area contributed by atoms with Gasteiger partial charge in [0.15, 0.2) is 0 Å². The zero-order valence-corrected chi connectivity index (χ0v) is 10.8. The summed E-state index contributed by atoms with van der Waals surface area (Å²) in [6.45, 7) is 0.792. The second-order valence-corrected chi connectivity index (χ2v) is 4.81. The molecule has 0 radical (unpaired) electrons. The molecule has 0 aromatic heterocycles. The van der Waals surface area contributed by atoms with Crippen LogP contribution >= 0.6 is 0 Å². The number of amides is 1. The third kappa shape index (κ3) is 4.21. The van der Waals surface area contributed by atoms with Crippen molar-refractivity contribution in [1.29, 1.82) is 0 Å². The van der Waals surface area contributed by atoms with E-state index in [0.717, 1.165) is 25.9 Å². The van der Waals surface area contributed by atoms with E-state index < -0.39 is 5.82 Å². The number of carbonyl (C=O) groups is 1. The van der Waals surface area contributed by atoms with E-state index in [9.17, 15) is 9.18 Å². The number of nitrogens with two attached hydrogens (primary N) is 1. The molecular formula is C14H19FN2O2. The van der Waals surface area contributed by atoms with Crippen molar-refractivity contribution in [1.82, 2.24) is 0 Å². The summed E-state index contributed by atoms with van der Waals surface area (Å²) in [5.41, 5.74) is 6.00. The summed E-state index contributed by atoms with van der Waals surface area (Å²) in [7, 11) is 0. The van der Waals surface area contributed by atoms with Gasteiger partial charge < -0.3 is 15.8 Å². The lowest BCUT2D eigenvalue weighted by molar-refractivity contribution is -0.117. The molecule has 1 aliphatic heterocycles. The van der Waals surface area contributed by atoms with Crippen molar-refractivity contribution < 1.29 is 13.9 Å². The van der Waals surface area contributed by atoms with Gasteiger partial charge in [0.1, 0.15) is 5.82 Å². The number of carbonyl (C=O) groups excluding carboxylic acids is 1. The first-order valence-corrected chi connectivity index (χ1v) is 6.61. The van der Waals surface area contributed by atoms with E-state index in [-0.39, 0.29) is 17.7 Å². The Hall–Kier alpha value is -1.62. The molecule has 5 heteroatoms. The van der Waals surface area contributed by atoms with Crippen molar-refractivity contribution in [2.24, 2.45) is 0 Å². The summed E-state index contributed by atoms with van der Waals surface area (Å²) < 4.78 is 18.5. The number of nitrogen functional groups attached to an aromatic ring is 1. The van der Waals surface area contributed by atoms with E-state index in [0.29, 0.717) is 12.1 Å². The predicted octanol–water partition coefficient (Wildman–Crippen LogP) is 2.70. The lowest BCUT2D eigenvalue weighted by Gasteiger charge is -2.22. The number of anilines is 2. The number of benzene rings is 1. The van der Waals surface area contributed by atoms with Crippen LogP contribution in [0.4, 0.5) is 15.8 Å². The van der Waals surface area contributed by atoms with Gasteiger partial charge in [0, 0.05) is 18.7 Å². The molecule has 104 valence electrons. The van der Waals surface area contributed by atoms with Crippen LogP contribution in [-0.2, 0) is 9.53 Å². The molecule has 1 amide bonds. The molecule has 1 unspecified atom stereocenters. The average molecular weight is 266 g/mol. The Morgan fingerprint density at radius 2 is 2.32 bits per heavy atom. The third-order valence-corrected chi connectivity index (χ3v) is 3.25. The smallest absolute Gasteiger partial charge is 0.224 e. The van der Waals surface area contributed by atoms with Gasteiger partial charge in [0.2, 0.25) is 5.91 Å². The zero-order chi connectivity index (χ0) is 13.7. The first kappa shape index (κ1) is 13.8. The topological polar surface area (TPSA) is 64.3 Å². The van der Waals surface area contributed by atoms with Gasteiger partial charge in [-0.15, -0.1) is 0 Å². The van der Waals surface area contributed by atoms with Crippen LogP contribution in [0.15, 0.2) is 18.2 Å². The number of ether oxygens (including phenoxy) is 1. The molecule has 1 aromatic carbocycles. The minimum Gasteiger partial charge on any atom is -0.396 e. The maximum atomic E-state index is 13.0. The summed E-state index contributed by atoms with van der Waals surface area (Å²) >= 11 is 0. The van der Waals surface area contributed by atoms with Crippen molar-refractivity contribution in [2.75, 3.05) is 17.7 Å². The van der Waals surface area contributed by atoms with E-state index >= 15 is 0 Å². The van der Waals surface area contributed by atoms with Gasteiger partial charge in [-0.1, -0.05) is 0 Å². The maximum Gasteiger partial charge on any atom is 0.224 e. The Bertz CT molecular complexity index is 445. The highest BCUT2D eigenvalue weighted by Crippen LogP contribution is 2.19. The van der Waals surface area contributed by atoms with Crippen LogP contribution in [0.25, 0.3) is 0 Å². The van der Waals surface area contributed by atoms with Crippen LogP contribution in [0.1, 0.15) is 32.1 Å². The number of rotatable bonds is 4. The SMILES string of the molecule is Nc1cc(NC(=O)CCC2CCCCO2)ccc1F. The number of nitrogens with one attached hydrogen (secondary N) is 1. The van der Waals surface area contributed by atoms with Crippen molar-refractivity contribution in [3.05, 3.63) is 24.0 Å². The highest BCUT2D eigenvalue weighted by atomic mass is 19.1. The van der Waals surface area contributed by atoms with Crippen LogP contribution in [0.2, 0.25) is 0 Å². The minimum absolute atomic E-state index is 0.0356. The first-order valence-electron chi connectivity index (χ1n) is 6.61. The Balaban J connectivity index is 1.78. The first-order chi connectivity index (χ1) is 9.15. The molecule has 1 heterocycles. The van der Waals surface area contributed by atoms with Gasteiger partial charge in [-0.2, -0.15) is 0 Å². The van der Waals surface area contributed by atoms with E-state index in [1.54, 1.807) is 0 Å². The molecule has 0 saturated carbocycles. The van der Waals surface area contributed by atoms with E-state index in [1.165, 1.54) is 24.6 Å². The van der Waals surface area contributed by atoms with Gasteiger partial charge in [0.25, 0.3) is 0 Å². The fourth-order valence-corrected chi connectivity index (χ4v) is 2.17. The molecule has 4 nitrogen and oxygen atoms in total. The van der Waals surface area contributed by atoms with Gasteiger partial charge in [-0.25, -0.2) is 4.39 Å². The van der Waals surface area contributed by atoms with Crippen LogP contribution in [0, 0.1) is 5.82 Å². The Morgan fingerprint density at radius 3 is 3.00 bits per heavy atom. The second kappa shape index (κ2) is 6.52. The molecule has 1 aromatic rings. The van der Waals surface area contributed by atoms with Crippen LogP contribution in [0.5, 0.6) is 0 Å². The summed E-state index contributed by atoms with van der Waals surface area (Å²) in [4.78, 5) is 11.8. The van der Waals surface area contributed by atoms with Crippen molar-refractivity contribution in [3.8, 4) is 0 Å². The summed E-state index contributed by atoms with van der Waals surface area (Å²) in [6, 6.07) is 4.17. The Kier molecular flexibility index (Phi) is 4.74. The molecular weight excluding hydrogens is 247 g/mol. The number of halogens is 1. The van der Waals surface area contributed by atoms with Crippen LogP contribution < -0.4 is 11.1 Å². The number of hydrogen-bond donors (Lipinski definition) is 2. The summed E-state index contributed by atoms with van der Waals surface area (Å²) in [6.07, 6.45) is 4.62. The highest BCUT2D eigenvalue weighted by Gasteiger charge is 2.15. The third-order valence-electron chi connectivity index (χ3n) is 3.25. The predicted molar refractivity (Wildman–Crippen MR) is 72.3 cm³/mol. The molecule has 0 aliphatic carbocycles. The molecule has 2 rings (SSSR count). The van der Waals surface area contributed by atoms with E-state index in [2.05, 4.69) is 5.32 Å². The summed E-state index contributed by atoms with van der Waals surface area (Å²) in [5.74, 6) is -0.575. The Labute approximate surface area is 112 Å². The Morgan fingerprint density at radius 1 is 1.47 bits per heavy atom. The largest absolute Gasteiger partial charge is 0.396 e. The fourth-order valence-electron chi connectivity index (χ4n) is 2.17. The fraction of sp³-hybridized carbons (Fsp3) is 0.500. The van der Waals surface area contributed by atoms with E-state index in [4.69, 9.17) is 10.5 Å². The molecule has 0 spiro atoms. The molecule has 19 heavy (non-hydrogen) atoms. The molecule has 0 bridgehead atoms. The lowest BCUT2D eigenvalue weighted by Crippen LogP contribution is -2.21. The van der Waals surface area contributed by atoms with Gasteiger partial charge in [-0.3, -0.25) is 4.79 Å². The van der Waals surface area contributed by atoms with Crippen molar-refractivity contribution in [2.45, 2.75) is 38.2 Å². The quantitative estimate of drug-likeness (QED) is 0.823. The van der Waals surface area contributed by atoms with Crippen LogP contribution in [-0.4, -0.2) is 18.6 Å².